The Morgan fingerprint density at radius 3 is 2.71 bits per heavy atom. The van der Waals surface area contributed by atoms with E-state index in [1.807, 2.05) is 0 Å². The number of ether oxygens (including phenoxy) is 1. The van der Waals surface area contributed by atoms with Gasteiger partial charge in [0.2, 0.25) is 5.91 Å². The van der Waals surface area contributed by atoms with Gasteiger partial charge in [-0.2, -0.15) is 13.2 Å². The summed E-state index contributed by atoms with van der Waals surface area (Å²) in [6.07, 6.45) is -6.16. The first-order valence-corrected chi connectivity index (χ1v) is 5.40. The van der Waals surface area contributed by atoms with Crippen molar-refractivity contribution in [2.45, 2.75) is 44.1 Å². The van der Waals surface area contributed by atoms with Crippen LogP contribution < -0.4 is 5.32 Å². The SMILES string of the molecule is CC1OCCC1(O)CNC(=O)CCC(F)(F)F. The maximum atomic E-state index is 11.8. The van der Waals surface area contributed by atoms with Crippen LogP contribution in [0.2, 0.25) is 0 Å². The van der Waals surface area contributed by atoms with Crippen molar-refractivity contribution in [3.05, 3.63) is 0 Å². The van der Waals surface area contributed by atoms with E-state index in [0.29, 0.717) is 13.0 Å². The summed E-state index contributed by atoms with van der Waals surface area (Å²) in [6, 6.07) is 0. The molecule has 1 aliphatic rings. The van der Waals surface area contributed by atoms with Gasteiger partial charge in [-0.25, -0.2) is 0 Å². The number of halogens is 3. The van der Waals surface area contributed by atoms with Crippen LogP contribution in [0.1, 0.15) is 26.2 Å². The smallest absolute Gasteiger partial charge is 0.385 e. The number of rotatable bonds is 4. The highest BCUT2D eigenvalue weighted by atomic mass is 19.4. The number of aliphatic hydroxyl groups is 1. The van der Waals surface area contributed by atoms with Gasteiger partial charge in [-0.05, 0) is 6.92 Å². The van der Waals surface area contributed by atoms with E-state index in [9.17, 15) is 23.1 Å². The summed E-state index contributed by atoms with van der Waals surface area (Å²) >= 11 is 0. The van der Waals surface area contributed by atoms with Gasteiger partial charge >= 0.3 is 6.18 Å². The van der Waals surface area contributed by atoms with Crippen LogP contribution >= 0.6 is 0 Å². The molecule has 0 aromatic heterocycles. The minimum Gasteiger partial charge on any atom is -0.385 e. The topological polar surface area (TPSA) is 58.6 Å². The van der Waals surface area contributed by atoms with Crippen molar-refractivity contribution in [3.63, 3.8) is 0 Å². The lowest BCUT2D eigenvalue weighted by molar-refractivity contribution is -0.144. The van der Waals surface area contributed by atoms with E-state index in [-0.39, 0.29) is 6.54 Å². The molecule has 0 aromatic carbocycles. The molecule has 2 N–H and O–H groups in total. The largest absolute Gasteiger partial charge is 0.389 e. The monoisotopic (exact) mass is 255 g/mol. The second kappa shape index (κ2) is 5.22. The number of amides is 1. The Hall–Kier alpha value is -0.820. The molecule has 1 saturated heterocycles. The normalized spacial score (nSPS) is 29.4. The molecule has 7 heteroatoms. The van der Waals surface area contributed by atoms with E-state index in [1.165, 1.54) is 0 Å². The molecule has 0 aliphatic carbocycles. The first-order chi connectivity index (χ1) is 7.73. The van der Waals surface area contributed by atoms with Gasteiger partial charge < -0.3 is 15.2 Å². The van der Waals surface area contributed by atoms with Gasteiger partial charge in [0.05, 0.1) is 12.5 Å². The number of nitrogens with one attached hydrogen (secondary N) is 1. The van der Waals surface area contributed by atoms with Crippen molar-refractivity contribution in [3.8, 4) is 0 Å². The van der Waals surface area contributed by atoms with E-state index >= 15 is 0 Å². The number of hydrogen-bond donors (Lipinski definition) is 2. The van der Waals surface area contributed by atoms with Crippen molar-refractivity contribution in [1.82, 2.24) is 5.32 Å². The Bertz CT molecular complexity index is 282. The third-order valence-corrected chi connectivity index (χ3v) is 2.89. The second-order valence-corrected chi connectivity index (χ2v) is 4.26. The molecule has 1 heterocycles. The average Bonchev–Trinajstić information content (AvgIpc) is 2.53. The number of alkyl halides is 3. The molecule has 17 heavy (non-hydrogen) atoms. The summed E-state index contributed by atoms with van der Waals surface area (Å²) in [5.74, 6) is -0.713. The van der Waals surface area contributed by atoms with Crippen LogP contribution in [0.5, 0.6) is 0 Å². The first-order valence-electron chi connectivity index (χ1n) is 5.40. The van der Waals surface area contributed by atoms with Gasteiger partial charge in [-0.3, -0.25) is 4.79 Å². The Morgan fingerprint density at radius 2 is 2.24 bits per heavy atom. The molecule has 1 rings (SSSR count). The van der Waals surface area contributed by atoms with Crippen LogP contribution in [0.15, 0.2) is 0 Å². The van der Waals surface area contributed by atoms with E-state index in [0.717, 1.165) is 0 Å². The average molecular weight is 255 g/mol. The second-order valence-electron chi connectivity index (χ2n) is 4.26. The zero-order valence-electron chi connectivity index (χ0n) is 9.51. The standard InChI is InChI=1S/C10H16F3NO3/c1-7-9(16,4-5-17-7)6-14-8(15)2-3-10(11,12)13/h7,16H,2-6H2,1H3,(H,14,15). The summed E-state index contributed by atoms with van der Waals surface area (Å²) < 4.78 is 40.7. The minimum absolute atomic E-state index is 0.0785. The van der Waals surface area contributed by atoms with E-state index in [1.54, 1.807) is 6.92 Å². The zero-order chi connectivity index (χ0) is 13.1. The molecule has 1 amide bonds. The molecule has 0 spiro atoms. The lowest BCUT2D eigenvalue weighted by atomic mass is 9.97. The molecule has 0 saturated carbocycles. The molecule has 100 valence electrons. The number of hydrogen-bond acceptors (Lipinski definition) is 3. The van der Waals surface area contributed by atoms with Crippen LogP contribution in [0.3, 0.4) is 0 Å². The maximum Gasteiger partial charge on any atom is 0.389 e. The molecular weight excluding hydrogens is 239 g/mol. The fourth-order valence-corrected chi connectivity index (χ4v) is 1.60. The quantitative estimate of drug-likeness (QED) is 0.787. The zero-order valence-corrected chi connectivity index (χ0v) is 9.51. The molecular formula is C10H16F3NO3. The fraction of sp³-hybridized carbons (Fsp3) is 0.900. The molecule has 2 unspecified atom stereocenters. The number of carbonyl (C=O) groups is 1. The van der Waals surface area contributed by atoms with Crippen LogP contribution in [0.4, 0.5) is 13.2 Å². The van der Waals surface area contributed by atoms with Gasteiger partial charge in [0.25, 0.3) is 0 Å². The lowest BCUT2D eigenvalue weighted by Crippen LogP contribution is -2.47. The summed E-state index contributed by atoms with van der Waals surface area (Å²) in [6.45, 7) is 1.97. The van der Waals surface area contributed by atoms with Crippen LogP contribution in [0.25, 0.3) is 0 Å². The van der Waals surface area contributed by atoms with Crippen molar-refractivity contribution in [2.75, 3.05) is 13.2 Å². The molecule has 4 nitrogen and oxygen atoms in total. The van der Waals surface area contributed by atoms with Crippen molar-refractivity contribution in [2.24, 2.45) is 0 Å². The predicted molar refractivity (Wildman–Crippen MR) is 53.3 cm³/mol. The summed E-state index contributed by atoms with van der Waals surface area (Å²) in [7, 11) is 0. The first kappa shape index (κ1) is 14.2. The number of carbonyl (C=O) groups excluding carboxylic acids is 1. The van der Waals surface area contributed by atoms with Crippen LogP contribution in [-0.2, 0) is 9.53 Å². The van der Waals surface area contributed by atoms with Crippen LogP contribution in [-0.4, -0.2) is 42.0 Å². The van der Waals surface area contributed by atoms with Gasteiger partial charge in [0.1, 0.15) is 5.60 Å². The van der Waals surface area contributed by atoms with Crippen molar-refractivity contribution < 1.29 is 27.8 Å². The van der Waals surface area contributed by atoms with Gasteiger partial charge in [0, 0.05) is 26.0 Å². The highest BCUT2D eigenvalue weighted by Gasteiger charge is 2.39. The molecule has 1 aliphatic heterocycles. The molecule has 1 fully saturated rings. The van der Waals surface area contributed by atoms with E-state index in [4.69, 9.17) is 4.74 Å². The lowest BCUT2D eigenvalue weighted by Gasteiger charge is -2.26. The Labute approximate surface area is 97.1 Å². The maximum absolute atomic E-state index is 11.8. The third kappa shape index (κ3) is 4.51. The van der Waals surface area contributed by atoms with E-state index < -0.39 is 36.6 Å². The van der Waals surface area contributed by atoms with Crippen LogP contribution in [0, 0.1) is 0 Å². The highest BCUT2D eigenvalue weighted by molar-refractivity contribution is 5.75. The Kier molecular flexibility index (Phi) is 4.37. The Balaban J connectivity index is 2.28. The molecule has 2 atom stereocenters. The Morgan fingerprint density at radius 1 is 1.59 bits per heavy atom. The van der Waals surface area contributed by atoms with Crippen molar-refractivity contribution in [1.29, 1.82) is 0 Å². The third-order valence-electron chi connectivity index (χ3n) is 2.89. The van der Waals surface area contributed by atoms with Gasteiger partial charge in [-0.15, -0.1) is 0 Å². The minimum atomic E-state index is -4.34. The van der Waals surface area contributed by atoms with E-state index in [2.05, 4.69) is 5.32 Å². The van der Waals surface area contributed by atoms with Gasteiger partial charge in [0.15, 0.2) is 0 Å². The predicted octanol–water partition coefficient (Wildman–Crippen LogP) is 0.985. The fourth-order valence-electron chi connectivity index (χ4n) is 1.60. The summed E-state index contributed by atoms with van der Waals surface area (Å²) in [5, 5.41) is 12.3. The molecule has 0 aromatic rings. The highest BCUT2D eigenvalue weighted by Crippen LogP contribution is 2.25. The molecule has 0 bridgehead atoms. The summed E-state index contributed by atoms with van der Waals surface area (Å²) in [4.78, 5) is 11.1. The van der Waals surface area contributed by atoms with Gasteiger partial charge in [-0.1, -0.05) is 0 Å². The van der Waals surface area contributed by atoms with Crippen molar-refractivity contribution >= 4 is 5.91 Å². The molecule has 0 radical (unpaired) electrons. The summed E-state index contributed by atoms with van der Waals surface area (Å²) in [5.41, 5.74) is -1.17.